The van der Waals surface area contributed by atoms with E-state index in [-0.39, 0.29) is 29.4 Å². The van der Waals surface area contributed by atoms with Crippen LogP contribution in [0.25, 0.3) is 0 Å². The van der Waals surface area contributed by atoms with Crippen LogP contribution < -0.4 is 0 Å². The van der Waals surface area contributed by atoms with Crippen LogP contribution in [0.2, 0.25) is 0 Å². The molecule has 146 valence electrons. The molecule has 25 heavy (non-hydrogen) atoms. The van der Waals surface area contributed by atoms with Gasteiger partial charge in [-0.15, -0.1) is 0 Å². The SMILES string of the molecule is CN1CC(C)(C)CC(OC(=O)CCCCCCCCC(=O)O)C1(C)C. The second-order valence-corrected chi connectivity index (χ2v) is 8.87. The lowest BCUT2D eigenvalue weighted by atomic mass is 9.74. The Bertz CT molecular complexity index is 445. The molecule has 1 saturated heterocycles. The summed E-state index contributed by atoms with van der Waals surface area (Å²) < 4.78 is 5.84. The lowest BCUT2D eigenvalue weighted by Crippen LogP contribution is -2.60. The normalized spacial score (nSPS) is 22.5. The number of rotatable bonds is 10. The lowest BCUT2D eigenvalue weighted by Gasteiger charge is -2.51. The van der Waals surface area contributed by atoms with Crippen molar-refractivity contribution in [2.75, 3.05) is 13.6 Å². The van der Waals surface area contributed by atoms with E-state index in [1.54, 1.807) is 0 Å². The van der Waals surface area contributed by atoms with E-state index in [1.807, 2.05) is 0 Å². The number of aliphatic carboxylic acids is 1. The van der Waals surface area contributed by atoms with Gasteiger partial charge in [0.05, 0.1) is 5.54 Å². The Morgan fingerprint density at radius 1 is 1.00 bits per heavy atom. The molecule has 0 aliphatic carbocycles. The summed E-state index contributed by atoms with van der Waals surface area (Å²) in [7, 11) is 2.10. The molecule has 1 N–H and O–H groups in total. The van der Waals surface area contributed by atoms with Crippen LogP contribution in [-0.4, -0.2) is 47.2 Å². The third kappa shape index (κ3) is 7.76. The molecule has 5 nitrogen and oxygen atoms in total. The molecule has 1 unspecified atom stereocenters. The van der Waals surface area contributed by atoms with Gasteiger partial charge in [-0.1, -0.05) is 39.5 Å². The maximum Gasteiger partial charge on any atom is 0.306 e. The fourth-order valence-electron chi connectivity index (χ4n) is 3.56. The number of esters is 1. The standard InChI is InChI=1S/C20H37NO4/c1-19(2)14-16(20(3,4)21(5)15-19)25-18(24)13-11-9-7-6-8-10-12-17(22)23/h16H,6-15H2,1-5H3,(H,22,23). The first-order valence-corrected chi connectivity index (χ1v) is 9.67. The molecule has 0 saturated carbocycles. The number of carboxylic acid groups (broad SMARTS) is 1. The van der Waals surface area contributed by atoms with Crippen molar-refractivity contribution >= 4 is 11.9 Å². The smallest absolute Gasteiger partial charge is 0.306 e. The van der Waals surface area contributed by atoms with Gasteiger partial charge in [-0.25, -0.2) is 0 Å². The van der Waals surface area contributed by atoms with Crippen LogP contribution in [0.15, 0.2) is 0 Å². The lowest BCUT2D eigenvalue weighted by molar-refractivity contribution is -0.166. The fraction of sp³-hybridized carbons (Fsp3) is 0.900. The van der Waals surface area contributed by atoms with Crippen LogP contribution in [-0.2, 0) is 14.3 Å². The topological polar surface area (TPSA) is 66.8 Å². The minimum Gasteiger partial charge on any atom is -0.481 e. The Labute approximate surface area is 153 Å². The number of ether oxygens (including phenoxy) is 1. The summed E-state index contributed by atoms with van der Waals surface area (Å²) >= 11 is 0. The maximum absolute atomic E-state index is 12.2. The minimum absolute atomic E-state index is 0.0650. The molecule has 1 fully saturated rings. The Kier molecular flexibility index (Phi) is 8.39. The van der Waals surface area contributed by atoms with E-state index < -0.39 is 5.97 Å². The number of carbonyl (C=O) groups is 2. The first kappa shape index (κ1) is 21.9. The van der Waals surface area contributed by atoms with E-state index in [0.717, 1.165) is 51.5 Å². The summed E-state index contributed by atoms with van der Waals surface area (Å²) in [5.41, 5.74) is 0.0283. The molecule has 5 heteroatoms. The number of carboxylic acids is 1. The molecule has 0 spiro atoms. The predicted octanol–water partition coefficient (Wildman–Crippen LogP) is 4.24. The van der Waals surface area contributed by atoms with Gasteiger partial charge in [-0.3, -0.25) is 14.5 Å². The van der Waals surface area contributed by atoms with Crippen molar-refractivity contribution in [1.29, 1.82) is 0 Å². The van der Waals surface area contributed by atoms with Gasteiger partial charge in [0.1, 0.15) is 6.10 Å². The number of unbranched alkanes of at least 4 members (excludes halogenated alkanes) is 5. The summed E-state index contributed by atoms with van der Waals surface area (Å²) in [4.78, 5) is 24.9. The third-order valence-corrected chi connectivity index (χ3v) is 5.47. The molecule has 0 radical (unpaired) electrons. The molecule has 1 rings (SSSR count). The summed E-state index contributed by atoms with van der Waals surface area (Å²) in [6.45, 7) is 9.76. The molecule has 1 aliphatic rings. The van der Waals surface area contributed by atoms with Gasteiger partial charge in [0.25, 0.3) is 0 Å². The number of likely N-dealkylation sites (N-methyl/N-ethyl adjacent to an activating group) is 1. The molecule has 0 amide bonds. The highest BCUT2D eigenvalue weighted by Crippen LogP contribution is 2.38. The summed E-state index contributed by atoms with van der Waals surface area (Å²) in [6, 6.07) is 0. The summed E-state index contributed by atoms with van der Waals surface area (Å²) in [6.07, 6.45) is 7.22. The van der Waals surface area contributed by atoms with Crippen molar-refractivity contribution in [3.05, 3.63) is 0 Å². The van der Waals surface area contributed by atoms with Gasteiger partial charge in [0.15, 0.2) is 0 Å². The van der Waals surface area contributed by atoms with Crippen molar-refractivity contribution in [1.82, 2.24) is 4.90 Å². The van der Waals surface area contributed by atoms with Crippen molar-refractivity contribution < 1.29 is 19.4 Å². The van der Waals surface area contributed by atoms with Crippen molar-refractivity contribution in [3.8, 4) is 0 Å². The summed E-state index contributed by atoms with van der Waals surface area (Å²) in [5.74, 6) is -0.808. The molecule has 0 aromatic carbocycles. The van der Waals surface area contributed by atoms with Crippen LogP contribution in [0.3, 0.4) is 0 Å². The van der Waals surface area contributed by atoms with Crippen molar-refractivity contribution in [3.63, 3.8) is 0 Å². The minimum atomic E-state index is -0.720. The van der Waals surface area contributed by atoms with E-state index in [1.165, 1.54) is 0 Å². The number of nitrogens with zero attached hydrogens (tertiary/aromatic N) is 1. The van der Waals surface area contributed by atoms with Crippen LogP contribution in [0, 0.1) is 5.41 Å². The maximum atomic E-state index is 12.2. The van der Waals surface area contributed by atoms with Crippen molar-refractivity contribution in [2.45, 2.75) is 97.1 Å². The van der Waals surface area contributed by atoms with Gasteiger partial charge in [-0.05, 0) is 45.6 Å². The zero-order valence-corrected chi connectivity index (χ0v) is 16.8. The van der Waals surface area contributed by atoms with E-state index >= 15 is 0 Å². The Balaban J connectivity index is 2.24. The third-order valence-electron chi connectivity index (χ3n) is 5.47. The van der Waals surface area contributed by atoms with Crippen LogP contribution in [0.4, 0.5) is 0 Å². The second kappa shape index (κ2) is 9.56. The molecule has 1 heterocycles. The zero-order chi connectivity index (χ0) is 19.1. The van der Waals surface area contributed by atoms with Crippen LogP contribution in [0.5, 0.6) is 0 Å². The number of piperidine rings is 1. The molecule has 0 aromatic rings. The highest BCUT2D eigenvalue weighted by molar-refractivity contribution is 5.69. The second-order valence-electron chi connectivity index (χ2n) is 8.87. The van der Waals surface area contributed by atoms with E-state index in [2.05, 4.69) is 39.6 Å². The number of hydrogen-bond donors (Lipinski definition) is 1. The molecule has 0 bridgehead atoms. The predicted molar refractivity (Wildman–Crippen MR) is 99.6 cm³/mol. The largest absolute Gasteiger partial charge is 0.481 e. The quantitative estimate of drug-likeness (QED) is 0.469. The van der Waals surface area contributed by atoms with Gasteiger partial charge in [0.2, 0.25) is 0 Å². The number of likely N-dealkylation sites (tertiary alicyclic amines) is 1. The molecule has 1 atom stereocenters. The molecule has 1 aliphatic heterocycles. The fourth-order valence-corrected chi connectivity index (χ4v) is 3.56. The van der Waals surface area contributed by atoms with Gasteiger partial charge < -0.3 is 9.84 Å². The Morgan fingerprint density at radius 3 is 2.08 bits per heavy atom. The monoisotopic (exact) mass is 355 g/mol. The summed E-state index contributed by atoms with van der Waals surface area (Å²) in [5, 5.41) is 8.58. The zero-order valence-electron chi connectivity index (χ0n) is 16.8. The number of carbonyl (C=O) groups excluding carboxylic acids is 1. The van der Waals surface area contributed by atoms with Crippen LogP contribution >= 0.6 is 0 Å². The van der Waals surface area contributed by atoms with E-state index in [4.69, 9.17) is 9.84 Å². The van der Waals surface area contributed by atoms with Gasteiger partial charge >= 0.3 is 11.9 Å². The average molecular weight is 356 g/mol. The van der Waals surface area contributed by atoms with Gasteiger partial charge in [0, 0.05) is 19.4 Å². The van der Waals surface area contributed by atoms with E-state index in [0.29, 0.717) is 6.42 Å². The highest BCUT2D eigenvalue weighted by Gasteiger charge is 2.45. The van der Waals surface area contributed by atoms with Crippen LogP contribution in [0.1, 0.15) is 85.5 Å². The average Bonchev–Trinajstić information content (AvgIpc) is 2.46. The Hall–Kier alpha value is -1.10. The van der Waals surface area contributed by atoms with Gasteiger partial charge in [-0.2, -0.15) is 0 Å². The highest BCUT2D eigenvalue weighted by atomic mass is 16.5. The molecular weight excluding hydrogens is 318 g/mol. The van der Waals surface area contributed by atoms with Crippen molar-refractivity contribution in [2.24, 2.45) is 5.41 Å². The first-order chi connectivity index (χ1) is 11.5. The molecular formula is C20H37NO4. The first-order valence-electron chi connectivity index (χ1n) is 9.67. The molecule has 0 aromatic heterocycles. The van der Waals surface area contributed by atoms with E-state index in [9.17, 15) is 9.59 Å². The Morgan fingerprint density at radius 2 is 1.52 bits per heavy atom. The number of hydrogen-bond acceptors (Lipinski definition) is 4.